The zero-order valence-corrected chi connectivity index (χ0v) is 26.8. The summed E-state index contributed by atoms with van der Waals surface area (Å²) in [6.07, 6.45) is 1.78. The highest BCUT2D eigenvalue weighted by Gasteiger charge is 2.30. The summed E-state index contributed by atoms with van der Waals surface area (Å²) in [5.41, 5.74) is 3.12. The molecule has 0 radical (unpaired) electrons. The van der Waals surface area contributed by atoms with Gasteiger partial charge in [0.05, 0.1) is 22.0 Å². The van der Waals surface area contributed by atoms with E-state index in [4.69, 9.17) is 23.2 Å². The molecule has 1 atom stereocenters. The second kappa shape index (κ2) is 15.4. The minimum atomic E-state index is -3.58. The number of hydrogen-bond acceptors (Lipinski definition) is 4. The molecule has 0 aliphatic carbocycles. The average Bonchev–Trinajstić information content (AvgIpc) is 2.93. The maximum atomic E-state index is 13.9. The number of hydrogen-bond donors (Lipinski definition) is 1. The largest absolute Gasteiger partial charge is 0.354 e. The Bertz CT molecular complexity index is 1470. The number of sulfonamides is 1. The predicted octanol–water partition coefficient (Wildman–Crippen LogP) is 6.26. The molecule has 2 amide bonds. The molecular weight excluding hydrogens is 593 g/mol. The van der Waals surface area contributed by atoms with Crippen molar-refractivity contribution in [1.29, 1.82) is 0 Å². The number of anilines is 1. The molecule has 0 aromatic heterocycles. The minimum Gasteiger partial charge on any atom is -0.354 e. The van der Waals surface area contributed by atoms with Crippen LogP contribution in [0.2, 0.25) is 10.0 Å². The predicted molar refractivity (Wildman–Crippen MR) is 171 cm³/mol. The quantitative estimate of drug-likeness (QED) is 0.227. The Balaban J connectivity index is 1.90. The van der Waals surface area contributed by atoms with Crippen molar-refractivity contribution < 1.29 is 18.0 Å². The highest BCUT2D eigenvalue weighted by Crippen LogP contribution is 2.25. The van der Waals surface area contributed by atoms with E-state index in [1.54, 1.807) is 41.3 Å². The van der Waals surface area contributed by atoms with E-state index in [1.165, 1.54) is 4.31 Å². The van der Waals surface area contributed by atoms with Gasteiger partial charge in [-0.25, -0.2) is 8.42 Å². The number of nitrogens with one attached hydrogen (secondary N) is 1. The average molecular weight is 633 g/mol. The highest BCUT2D eigenvalue weighted by atomic mass is 35.5. The van der Waals surface area contributed by atoms with E-state index in [-0.39, 0.29) is 43.7 Å². The van der Waals surface area contributed by atoms with Gasteiger partial charge in [-0.15, -0.1) is 0 Å². The number of nitrogens with zero attached hydrogens (tertiary/aromatic N) is 2. The van der Waals surface area contributed by atoms with E-state index >= 15 is 0 Å². The van der Waals surface area contributed by atoms with E-state index in [2.05, 4.69) is 5.32 Å². The first kappa shape index (κ1) is 33.4. The topological polar surface area (TPSA) is 86.8 Å². The van der Waals surface area contributed by atoms with E-state index in [0.29, 0.717) is 28.7 Å². The van der Waals surface area contributed by atoms with E-state index in [0.717, 1.165) is 22.9 Å². The lowest BCUT2D eigenvalue weighted by Gasteiger charge is -2.32. The highest BCUT2D eigenvalue weighted by molar-refractivity contribution is 7.92. The van der Waals surface area contributed by atoms with Crippen molar-refractivity contribution in [1.82, 2.24) is 10.2 Å². The summed E-state index contributed by atoms with van der Waals surface area (Å²) in [5.74, 6) is -0.285. The maximum absolute atomic E-state index is 13.9. The van der Waals surface area contributed by atoms with E-state index < -0.39 is 16.1 Å². The van der Waals surface area contributed by atoms with Crippen LogP contribution >= 0.6 is 23.2 Å². The van der Waals surface area contributed by atoms with E-state index in [1.807, 2.05) is 57.2 Å². The lowest BCUT2D eigenvalue weighted by atomic mass is 10.0. The summed E-state index contributed by atoms with van der Waals surface area (Å²) in [4.78, 5) is 29.1. The third kappa shape index (κ3) is 10.0. The number of aryl methyl sites for hydroxylation is 1. The Kier molecular flexibility index (Phi) is 12.3. The van der Waals surface area contributed by atoms with Crippen LogP contribution in [0.4, 0.5) is 5.69 Å². The first-order valence-corrected chi connectivity index (χ1v) is 16.5. The molecule has 0 fully saturated rings. The molecule has 0 aliphatic rings. The van der Waals surface area contributed by atoms with Crippen LogP contribution in [0.25, 0.3) is 0 Å². The van der Waals surface area contributed by atoms with Crippen molar-refractivity contribution >= 4 is 50.7 Å². The number of benzene rings is 3. The van der Waals surface area contributed by atoms with Gasteiger partial charge in [0.15, 0.2) is 0 Å². The maximum Gasteiger partial charge on any atom is 0.243 e. The molecule has 0 bridgehead atoms. The lowest BCUT2D eigenvalue weighted by molar-refractivity contribution is -0.141. The number of halogens is 2. The molecule has 0 aliphatic heterocycles. The van der Waals surface area contributed by atoms with Gasteiger partial charge in [0, 0.05) is 32.5 Å². The van der Waals surface area contributed by atoms with Crippen LogP contribution in [-0.4, -0.2) is 50.5 Å². The van der Waals surface area contributed by atoms with Gasteiger partial charge in [-0.2, -0.15) is 0 Å². The Hall–Kier alpha value is -3.07. The van der Waals surface area contributed by atoms with Crippen molar-refractivity contribution in [2.45, 2.75) is 52.6 Å². The van der Waals surface area contributed by atoms with Crippen LogP contribution in [0.5, 0.6) is 0 Å². The fraction of sp³-hybridized carbons (Fsp3) is 0.375. The molecule has 7 nitrogen and oxygen atoms in total. The third-order valence-electron chi connectivity index (χ3n) is 6.73. The summed E-state index contributed by atoms with van der Waals surface area (Å²) >= 11 is 12.4. The first-order valence-electron chi connectivity index (χ1n) is 13.9. The van der Waals surface area contributed by atoms with Crippen LogP contribution < -0.4 is 9.62 Å². The molecule has 0 unspecified atom stereocenters. The van der Waals surface area contributed by atoms with E-state index in [9.17, 15) is 18.0 Å². The van der Waals surface area contributed by atoms with Crippen molar-refractivity contribution in [3.05, 3.63) is 99.5 Å². The molecule has 0 spiro atoms. The monoisotopic (exact) mass is 631 g/mol. The van der Waals surface area contributed by atoms with Crippen LogP contribution in [0.1, 0.15) is 43.4 Å². The van der Waals surface area contributed by atoms with Crippen LogP contribution in [-0.2, 0) is 32.6 Å². The van der Waals surface area contributed by atoms with Gasteiger partial charge in [0.2, 0.25) is 21.8 Å². The van der Waals surface area contributed by atoms with Gasteiger partial charge in [-0.05, 0) is 60.2 Å². The number of amides is 2. The zero-order chi connectivity index (χ0) is 30.9. The summed E-state index contributed by atoms with van der Waals surface area (Å²) in [6.45, 7) is 6.64. The van der Waals surface area contributed by atoms with Gasteiger partial charge in [-0.1, -0.05) is 85.6 Å². The molecule has 1 N–H and O–H groups in total. The summed E-state index contributed by atoms with van der Waals surface area (Å²) in [7, 11) is -3.58. The van der Waals surface area contributed by atoms with Gasteiger partial charge >= 0.3 is 0 Å². The Labute approximate surface area is 259 Å². The molecule has 226 valence electrons. The number of carbonyl (C=O) groups is 2. The van der Waals surface area contributed by atoms with Gasteiger partial charge in [0.25, 0.3) is 0 Å². The third-order valence-corrected chi connectivity index (χ3v) is 8.67. The number of carbonyl (C=O) groups excluding carboxylic acids is 2. The molecule has 0 saturated carbocycles. The fourth-order valence-electron chi connectivity index (χ4n) is 4.60. The SMILES string of the molecule is Cc1cccc(N(CCCC(=O)N(Cc2ccc(Cl)c(Cl)c2)[C@@H](Cc2ccccc2)C(=O)NCC(C)C)S(C)(=O)=O)c1. The fourth-order valence-corrected chi connectivity index (χ4v) is 5.88. The van der Waals surface area contributed by atoms with Crippen molar-refractivity contribution in [2.24, 2.45) is 5.92 Å². The minimum absolute atomic E-state index is 0.0436. The molecule has 3 aromatic carbocycles. The van der Waals surface area contributed by atoms with Gasteiger partial charge in [0.1, 0.15) is 6.04 Å². The molecule has 10 heteroatoms. The van der Waals surface area contributed by atoms with Gasteiger partial charge in [-0.3, -0.25) is 13.9 Å². The van der Waals surface area contributed by atoms with Crippen molar-refractivity contribution in [3.8, 4) is 0 Å². The Morgan fingerprint density at radius 2 is 1.62 bits per heavy atom. The zero-order valence-electron chi connectivity index (χ0n) is 24.5. The second-order valence-corrected chi connectivity index (χ2v) is 13.6. The van der Waals surface area contributed by atoms with Crippen LogP contribution in [0, 0.1) is 12.8 Å². The number of rotatable bonds is 14. The summed E-state index contributed by atoms with van der Waals surface area (Å²) in [5, 5.41) is 3.75. The Morgan fingerprint density at radius 3 is 2.24 bits per heavy atom. The summed E-state index contributed by atoms with van der Waals surface area (Å²) < 4.78 is 26.6. The van der Waals surface area contributed by atoms with Crippen LogP contribution in [0.3, 0.4) is 0 Å². The van der Waals surface area contributed by atoms with Crippen molar-refractivity contribution in [2.75, 3.05) is 23.7 Å². The molecule has 0 saturated heterocycles. The second-order valence-electron chi connectivity index (χ2n) is 10.9. The molecule has 3 rings (SSSR count). The molecule has 0 heterocycles. The Morgan fingerprint density at radius 1 is 0.905 bits per heavy atom. The van der Waals surface area contributed by atoms with Crippen molar-refractivity contribution in [3.63, 3.8) is 0 Å². The smallest absolute Gasteiger partial charge is 0.243 e. The summed E-state index contributed by atoms with van der Waals surface area (Å²) in [6, 6.07) is 21.1. The molecule has 3 aromatic rings. The molecule has 42 heavy (non-hydrogen) atoms. The molecular formula is C32H39Cl2N3O4S. The normalized spacial score (nSPS) is 12.2. The standard InChI is InChI=1S/C32H39Cl2N3O4S/c1-23(2)21-35-32(39)30(20-25-11-6-5-7-12-25)36(22-26-15-16-28(33)29(34)19-26)31(38)14-9-17-37(42(4,40)41)27-13-8-10-24(3)18-27/h5-8,10-13,15-16,18-19,23,30H,9,14,17,20-22H2,1-4H3,(H,35,39)/t30-/m0/s1. The first-order chi connectivity index (χ1) is 19.8. The lowest BCUT2D eigenvalue weighted by Crippen LogP contribution is -2.51. The van der Waals surface area contributed by atoms with Crippen LogP contribution in [0.15, 0.2) is 72.8 Å². The van der Waals surface area contributed by atoms with Gasteiger partial charge < -0.3 is 10.2 Å².